The number of fused-ring (bicyclic) bond motifs is 1. The van der Waals surface area contributed by atoms with Crippen LogP contribution >= 0.6 is 27.5 Å². The lowest BCUT2D eigenvalue weighted by Gasteiger charge is -2.17. The highest BCUT2D eigenvalue weighted by Gasteiger charge is 2.18. The van der Waals surface area contributed by atoms with Gasteiger partial charge in [0.05, 0.1) is 23.3 Å². The Bertz CT molecular complexity index is 1030. The summed E-state index contributed by atoms with van der Waals surface area (Å²) in [5.41, 5.74) is 1.30. The van der Waals surface area contributed by atoms with Gasteiger partial charge in [0.1, 0.15) is 24.6 Å². The van der Waals surface area contributed by atoms with E-state index in [-0.39, 0.29) is 11.1 Å². The van der Waals surface area contributed by atoms with Crippen LogP contribution in [0.5, 0.6) is 11.5 Å². The SMILES string of the molecule is Fc1ccc(Nc2ncnc3cc(OCCBr)c(OCC4CCCO4)cc23)cc1Cl. The van der Waals surface area contributed by atoms with Crippen molar-refractivity contribution in [2.45, 2.75) is 18.9 Å². The number of halogens is 3. The molecule has 6 nitrogen and oxygen atoms in total. The summed E-state index contributed by atoms with van der Waals surface area (Å²) in [6.07, 6.45) is 3.56. The van der Waals surface area contributed by atoms with Crippen molar-refractivity contribution in [3.63, 3.8) is 0 Å². The summed E-state index contributed by atoms with van der Waals surface area (Å²) in [4.78, 5) is 8.69. The molecule has 1 N–H and O–H groups in total. The van der Waals surface area contributed by atoms with Crippen LogP contribution in [0.1, 0.15) is 12.8 Å². The zero-order valence-electron chi connectivity index (χ0n) is 16.0. The summed E-state index contributed by atoms with van der Waals surface area (Å²) in [6.45, 7) is 1.70. The molecule has 2 aromatic carbocycles. The standard InChI is InChI=1S/C21H20BrClFN3O3/c22-5-7-29-20-10-18-15(9-19(20)30-11-14-2-1-6-28-14)21(26-12-25-18)27-13-3-4-17(24)16(23)8-13/h3-4,8-10,12,14H,1-2,5-7,11H2,(H,25,26,27). The van der Waals surface area contributed by atoms with Crippen LogP contribution in [-0.2, 0) is 4.74 Å². The van der Waals surface area contributed by atoms with Gasteiger partial charge >= 0.3 is 0 Å². The summed E-state index contributed by atoms with van der Waals surface area (Å²) in [6, 6.07) is 8.08. The summed E-state index contributed by atoms with van der Waals surface area (Å²) >= 11 is 9.27. The summed E-state index contributed by atoms with van der Waals surface area (Å²) < 4.78 is 31.0. The molecule has 1 fully saturated rings. The van der Waals surface area contributed by atoms with E-state index < -0.39 is 5.82 Å². The Hall–Kier alpha value is -2.16. The molecular weight excluding hydrogens is 477 g/mol. The molecule has 9 heteroatoms. The van der Waals surface area contributed by atoms with Gasteiger partial charge in [-0.05, 0) is 37.1 Å². The summed E-state index contributed by atoms with van der Waals surface area (Å²) in [7, 11) is 0. The predicted octanol–water partition coefficient (Wildman–Crippen LogP) is 5.50. The van der Waals surface area contributed by atoms with Crippen LogP contribution in [0.15, 0.2) is 36.7 Å². The van der Waals surface area contributed by atoms with Gasteiger partial charge < -0.3 is 19.5 Å². The van der Waals surface area contributed by atoms with Gasteiger partial charge in [-0.1, -0.05) is 27.5 Å². The molecule has 0 aliphatic carbocycles. The number of nitrogens with zero attached hydrogens (tertiary/aromatic N) is 2. The van der Waals surface area contributed by atoms with Gasteiger partial charge in [0.2, 0.25) is 0 Å². The number of alkyl halides is 1. The quantitative estimate of drug-likeness (QED) is 0.416. The number of ether oxygens (including phenoxy) is 3. The molecule has 1 atom stereocenters. The molecule has 0 radical (unpaired) electrons. The fraction of sp³-hybridized carbons (Fsp3) is 0.333. The van der Waals surface area contributed by atoms with E-state index in [4.69, 9.17) is 25.8 Å². The van der Waals surface area contributed by atoms with Crippen LogP contribution < -0.4 is 14.8 Å². The lowest BCUT2D eigenvalue weighted by Crippen LogP contribution is -2.16. The van der Waals surface area contributed by atoms with Gasteiger partial charge in [-0.25, -0.2) is 14.4 Å². The molecular formula is C21H20BrClFN3O3. The lowest BCUT2D eigenvalue weighted by atomic mass is 10.2. The maximum Gasteiger partial charge on any atom is 0.163 e. The van der Waals surface area contributed by atoms with Gasteiger partial charge in [0.15, 0.2) is 11.5 Å². The van der Waals surface area contributed by atoms with Crippen molar-refractivity contribution in [3.05, 3.63) is 47.5 Å². The molecule has 30 heavy (non-hydrogen) atoms. The van der Waals surface area contributed by atoms with Gasteiger partial charge in [-0.15, -0.1) is 0 Å². The van der Waals surface area contributed by atoms with Crippen LogP contribution in [-0.4, -0.2) is 41.2 Å². The number of hydrogen-bond donors (Lipinski definition) is 1. The van der Waals surface area contributed by atoms with Crippen LogP contribution in [0.2, 0.25) is 5.02 Å². The second kappa shape index (κ2) is 9.76. The van der Waals surface area contributed by atoms with E-state index in [0.29, 0.717) is 47.1 Å². The number of nitrogens with one attached hydrogen (secondary N) is 1. The van der Waals surface area contributed by atoms with Gasteiger partial charge in [0.25, 0.3) is 0 Å². The third-order valence-electron chi connectivity index (χ3n) is 4.67. The highest BCUT2D eigenvalue weighted by atomic mass is 79.9. The predicted molar refractivity (Wildman–Crippen MR) is 118 cm³/mol. The minimum atomic E-state index is -0.479. The zero-order chi connectivity index (χ0) is 20.9. The van der Waals surface area contributed by atoms with E-state index >= 15 is 0 Å². The molecule has 0 spiro atoms. The molecule has 2 heterocycles. The Morgan fingerprint density at radius 3 is 2.83 bits per heavy atom. The molecule has 1 unspecified atom stereocenters. The van der Waals surface area contributed by atoms with Gasteiger partial charge in [-0.2, -0.15) is 0 Å². The Labute approximate surface area is 186 Å². The molecule has 0 bridgehead atoms. The number of aromatic nitrogens is 2. The van der Waals surface area contributed by atoms with Crippen molar-refractivity contribution in [2.75, 3.05) is 30.5 Å². The van der Waals surface area contributed by atoms with Crippen molar-refractivity contribution >= 4 is 49.9 Å². The van der Waals surface area contributed by atoms with Crippen LogP contribution in [0.3, 0.4) is 0 Å². The van der Waals surface area contributed by atoms with Crippen molar-refractivity contribution in [3.8, 4) is 11.5 Å². The first-order chi connectivity index (χ1) is 14.6. The highest BCUT2D eigenvalue weighted by Crippen LogP contribution is 2.35. The maximum absolute atomic E-state index is 13.5. The maximum atomic E-state index is 13.5. The van der Waals surface area contributed by atoms with Crippen molar-refractivity contribution in [1.82, 2.24) is 9.97 Å². The summed E-state index contributed by atoms with van der Waals surface area (Å²) in [5, 5.41) is 4.64. The molecule has 1 saturated heterocycles. The molecule has 3 aromatic rings. The van der Waals surface area contributed by atoms with Crippen LogP contribution in [0, 0.1) is 5.82 Å². The number of rotatable bonds is 8. The Kier molecular flexibility index (Phi) is 6.86. The average molecular weight is 497 g/mol. The molecule has 0 saturated carbocycles. The molecule has 1 aliphatic heterocycles. The van der Waals surface area contributed by atoms with E-state index in [9.17, 15) is 4.39 Å². The number of benzene rings is 2. The first kappa shape index (κ1) is 21.1. The first-order valence-corrected chi connectivity index (χ1v) is 11.1. The number of anilines is 2. The fourth-order valence-electron chi connectivity index (χ4n) is 3.21. The van der Waals surface area contributed by atoms with E-state index in [2.05, 4.69) is 31.2 Å². The first-order valence-electron chi connectivity index (χ1n) is 9.58. The number of hydrogen-bond acceptors (Lipinski definition) is 6. The fourth-order valence-corrected chi connectivity index (χ4v) is 3.55. The molecule has 4 rings (SSSR count). The molecule has 0 amide bonds. The van der Waals surface area contributed by atoms with Crippen LogP contribution in [0.25, 0.3) is 10.9 Å². The van der Waals surface area contributed by atoms with E-state index in [1.807, 2.05) is 12.1 Å². The van der Waals surface area contributed by atoms with Crippen LogP contribution in [0.4, 0.5) is 15.9 Å². The zero-order valence-corrected chi connectivity index (χ0v) is 18.4. The average Bonchev–Trinajstić information content (AvgIpc) is 3.27. The highest BCUT2D eigenvalue weighted by molar-refractivity contribution is 9.09. The smallest absolute Gasteiger partial charge is 0.163 e. The Morgan fingerprint density at radius 1 is 1.20 bits per heavy atom. The topological polar surface area (TPSA) is 65.5 Å². The van der Waals surface area contributed by atoms with E-state index in [1.54, 1.807) is 6.07 Å². The van der Waals surface area contributed by atoms with Crippen molar-refractivity contribution in [1.29, 1.82) is 0 Å². The Morgan fingerprint density at radius 2 is 2.07 bits per heavy atom. The lowest BCUT2D eigenvalue weighted by molar-refractivity contribution is 0.0668. The Balaban J connectivity index is 1.66. The van der Waals surface area contributed by atoms with Crippen molar-refractivity contribution < 1.29 is 18.6 Å². The molecule has 1 aliphatic rings. The minimum absolute atomic E-state index is 0.0319. The summed E-state index contributed by atoms with van der Waals surface area (Å²) in [5.74, 6) is 1.27. The largest absolute Gasteiger partial charge is 0.489 e. The normalized spacial score (nSPS) is 16.0. The third-order valence-corrected chi connectivity index (χ3v) is 5.28. The van der Waals surface area contributed by atoms with Gasteiger partial charge in [-0.3, -0.25) is 0 Å². The molecule has 1 aromatic heterocycles. The molecule has 158 valence electrons. The second-order valence-corrected chi connectivity index (χ2v) is 7.98. The van der Waals surface area contributed by atoms with Gasteiger partial charge in [0, 0.05) is 29.1 Å². The minimum Gasteiger partial charge on any atom is -0.489 e. The monoisotopic (exact) mass is 495 g/mol. The van der Waals surface area contributed by atoms with E-state index in [0.717, 1.165) is 24.8 Å². The van der Waals surface area contributed by atoms with Crippen molar-refractivity contribution in [2.24, 2.45) is 0 Å². The van der Waals surface area contributed by atoms with E-state index in [1.165, 1.54) is 18.5 Å². The second-order valence-electron chi connectivity index (χ2n) is 6.78. The third kappa shape index (κ3) is 4.94.